The summed E-state index contributed by atoms with van der Waals surface area (Å²) in [5.41, 5.74) is -13.7. The van der Waals surface area contributed by atoms with Crippen LogP contribution < -0.4 is 0 Å². The Hall–Kier alpha value is -3.15. The van der Waals surface area contributed by atoms with Crippen molar-refractivity contribution in [2.45, 2.75) is 92.2 Å². The summed E-state index contributed by atoms with van der Waals surface area (Å²) in [6.45, 7) is 0. The average Bonchev–Trinajstić information content (AvgIpc) is 3.01. The summed E-state index contributed by atoms with van der Waals surface area (Å²) in [6.07, 6.45) is -11.4. The summed E-state index contributed by atoms with van der Waals surface area (Å²) in [5, 5.41) is 169. The van der Waals surface area contributed by atoms with Crippen LogP contribution in [0.25, 0.3) is 0 Å². The molecule has 380 valence electrons. The minimum atomic E-state index is -2.74. The standard InChI is InChI=1S/5C6H8O7.5Na.5H/c5*7-3(8)1-6(13,5(11)12)2-4(9)10;;;;;;;;;;/h5*13H,1-2H2,(H,7,8)(H,9,10)(H,11,12);;;;;;;;;;. The van der Waals surface area contributed by atoms with Crippen molar-refractivity contribution in [1.29, 1.82) is 0 Å². The molecule has 0 unspecified atom stereocenters. The Balaban J connectivity index is -0.0000000789. The molecule has 35 nitrogen and oxygen atoms in total. The van der Waals surface area contributed by atoms with Crippen molar-refractivity contribution >= 4 is 237 Å². The molecule has 0 aliphatic rings. The first-order chi connectivity index (χ1) is 28.9. The molecule has 0 atom stereocenters. The molecule has 0 fully saturated rings. The molecule has 0 spiro atoms. The third-order valence-corrected chi connectivity index (χ3v) is 6.43. The van der Waals surface area contributed by atoms with Gasteiger partial charge >= 0.3 is 237 Å². The number of hydrogen-bond acceptors (Lipinski definition) is 20. The number of carbonyl (C=O) groups is 15. The third kappa shape index (κ3) is 44.8. The average molecular weight is 1080 g/mol. The Kier molecular flexibility index (Phi) is 53.0. The molecule has 0 aromatic rings. The van der Waals surface area contributed by atoms with Crippen LogP contribution in [0.1, 0.15) is 64.2 Å². The fourth-order valence-electron chi connectivity index (χ4n) is 3.57. The molecule has 0 aliphatic carbocycles. The van der Waals surface area contributed by atoms with E-state index in [1.165, 1.54) is 0 Å². The zero-order chi connectivity index (χ0) is 53.2. The van der Waals surface area contributed by atoms with Crippen molar-refractivity contribution in [2.75, 3.05) is 0 Å². The van der Waals surface area contributed by atoms with Gasteiger partial charge in [-0.3, -0.25) is 47.9 Å². The maximum atomic E-state index is 10.3. The normalized spacial score (nSPS) is 10.1. The molecule has 0 aromatic carbocycles. The fourth-order valence-corrected chi connectivity index (χ4v) is 3.57. The second-order valence-electron chi connectivity index (χ2n) is 12.4. The van der Waals surface area contributed by atoms with Gasteiger partial charge in [-0.1, -0.05) is 0 Å². The molecule has 0 aromatic heterocycles. The monoisotopic (exact) mass is 1080 g/mol. The van der Waals surface area contributed by atoms with Gasteiger partial charge in [-0.2, -0.15) is 0 Å². The van der Waals surface area contributed by atoms with Crippen molar-refractivity contribution in [3.05, 3.63) is 0 Å². The molecule has 70 heavy (non-hydrogen) atoms. The van der Waals surface area contributed by atoms with Crippen molar-refractivity contribution < 1.29 is 174 Å². The van der Waals surface area contributed by atoms with E-state index in [4.69, 9.17) is 102 Å². The summed E-state index contributed by atoms with van der Waals surface area (Å²) < 4.78 is 0. The number of carboxylic acid groups (broad SMARTS) is 15. The van der Waals surface area contributed by atoms with Crippen LogP contribution in [-0.4, -0.2) is 367 Å². The van der Waals surface area contributed by atoms with E-state index < -0.39 is 182 Å². The molecular formula is C30H45Na5O35. The van der Waals surface area contributed by atoms with E-state index in [1.54, 1.807) is 0 Å². The van der Waals surface area contributed by atoms with E-state index in [2.05, 4.69) is 0 Å². The SMILES string of the molecule is O=C(O)CC(O)(CC(=O)O)C(=O)O.O=C(O)CC(O)(CC(=O)O)C(=O)O.O=C(O)CC(O)(CC(=O)O)C(=O)O.O=C(O)CC(O)(CC(=O)O)C(=O)O.O=C(O)CC(O)(CC(=O)O)C(=O)O.[NaH].[NaH].[NaH].[NaH].[NaH]. The Labute approximate surface area is 498 Å². The third-order valence-electron chi connectivity index (χ3n) is 6.43. The summed E-state index contributed by atoms with van der Waals surface area (Å²) in [5.74, 6) is -25.1. The molecule has 0 aliphatic heterocycles. The zero-order valence-corrected chi connectivity index (χ0v) is 32.1. The molecule has 0 radical (unpaired) electrons. The quantitative estimate of drug-likeness (QED) is 0.0378. The van der Waals surface area contributed by atoms with Gasteiger partial charge < -0.3 is 102 Å². The fraction of sp³-hybridized carbons (Fsp3) is 0.500. The number of aliphatic hydroxyl groups is 5. The number of carboxylic acids is 15. The van der Waals surface area contributed by atoms with E-state index in [9.17, 15) is 71.9 Å². The Bertz CT molecular complexity index is 1460. The Morgan fingerprint density at radius 3 is 0.271 bits per heavy atom. The first kappa shape index (κ1) is 89.7. The molecule has 40 heteroatoms. The summed E-state index contributed by atoms with van der Waals surface area (Å²) in [6, 6.07) is 0. The number of rotatable bonds is 25. The van der Waals surface area contributed by atoms with Gasteiger partial charge in [-0.25, -0.2) is 24.0 Å². The van der Waals surface area contributed by atoms with Crippen LogP contribution >= 0.6 is 0 Å². The summed E-state index contributed by atoms with van der Waals surface area (Å²) in [7, 11) is 0. The van der Waals surface area contributed by atoms with Crippen LogP contribution in [-0.2, 0) is 71.9 Å². The van der Waals surface area contributed by atoms with Crippen LogP contribution in [0.4, 0.5) is 0 Å². The van der Waals surface area contributed by atoms with Crippen LogP contribution in [0.3, 0.4) is 0 Å². The van der Waals surface area contributed by atoms with Gasteiger partial charge in [0.1, 0.15) is 0 Å². The van der Waals surface area contributed by atoms with E-state index >= 15 is 0 Å². The second-order valence-corrected chi connectivity index (χ2v) is 12.4. The predicted molar refractivity (Wildman–Crippen MR) is 221 cm³/mol. The summed E-state index contributed by atoms with van der Waals surface area (Å²) in [4.78, 5) is 152. The molecular weight excluding hydrogens is 1040 g/mol. The Morgan fingerprint density at radius 2 is 0.243 bits per heavy atom. The first-order valence-electron chi connectivity index (χ1n) is 15.9. The van der Waals surface area contributed by atoms with Gasteiger partial charge in [-0.05, 0) is 0 Å². The van der Waals surface area contributed by atoms with Crippen LogP contribution in [0.5, 0.6) is 0 Å². The topological polar surface area (TPSA) is 661 Å². The molecule has 0 saturated heterocycles. The van der Waals surface area contributed by atoms with Crippen LogP contribution in [0.15, 0.2) is 0 Å². The molecule has 20 N–H and O–H groups in total. The van der Waals surface area contributed by atoms with Crippen molar-refractivity contribution in [3.8, 4) is 0 Å². The van der Waals surface area contributed by atoms with Crippen molar-refractivity contribution in [1.82, 2.24) is 0 Å². The Morgan fingerprint density at radius 1 is 0.186 bits per heavy atom. The van der Waals surface area contributed by atoms with Gasteiger partial charge in [0.25, 0.3) is 0 Å². The molecule has 0 rings (SSSR count). The summed E-state index contributed by atoms with van der Waals surface area (Å²) >= 11 is 0. The van der Waals surface area contributed by atoms with Crippen molar-refractivity contribution in [2.24, 2.45) is 0 Å². The maximum absolute atomic E-state index is 10.3. The first-order valence-corrected chi connectivity index (χ1v) is 15.9. The van der Waals surface area contributed by atoms with Crippen LogP contribution in [0.2, 0.25) is 0 Å². The van der Waals surface area contributed by atoms with Gasteiger partial charge in [0.2, 0.25) is 0 Å². The van der Waals surface area contributed by atoms with E-state index in [0.717, 1.165) is 0 Å². The van der Waals surface area contributed by atoms with Gasteiger partial charge in [0, 0.05) is 0 Å². The van der Waals surface area contributed by atoms with Crippen LogP contribution in [0, 0.1) is 0 Å². The van der Waals surface area contributed by atoms with Gasteiger partial charge in [0.15, 0.2) is 28.0 Å². The minimum absolute atomic E-state index is 0. The van der Waals surface area contributed by atoms with E-state index in [0.29, 0.717) is 0 Å². The second kappa shape index (κ2) is 41.3. The van der Waals surface area contributed by atoms with Gasteiger partial charge in [0.05, 0.1) is 64.2 Å². The van der Waals surface area contributed by atoms with Crippen molar-refractivity contribution in [3.63, 3.8) is 0 Å². The number of hydrogen-bond donors (Lipinski definition) is 20. The zero-order valence-electron chi connectivity index (χ0n) is 32.1. The molecule has 0 amide bonds. The van der Waals surface area contributed by atoms with E-state index in [1.807, 2.05) is 0 Å². The predicted octanol–water partition coefficient (Wildman–Crippen LogP) is -9.49. The van der Waals surface area contributed by atoms with E-state index in [-0.39, 0.29) is 148 Å². The molecule has 0 saturated carbocycles. The van der Waals surface area contributed by atoms with Gasteiger partial charge in [-0.15, -0.1) is 0 Å². The number of aliphatic carboxylic acids is 15. The molecule has 0 bridgehead atoms. The molecule has 0 heterocycles.